The first-order valence-electron chi connectivity index (χ1n) is 12.6. The van der Waals surface area contributed by atoms with E-state index in [1.807, 2.05) is 50.2 Å². The van der Waals surface area contributed by atoms with Gasteiger partial charge in [0.2, 0.25) is 5.91 Å². The number of hydrogen-bond acceptors (Lipinski definition) is 3. The standard InChI is InChI=1S/C30H33N3O2.ClH/c1-30(2)19-23-11-13-25(18-27(23)32-29(30)35)31-28(34)22-12-14-26(21-9-5-3-6-10-21)24(17-22)20-33-15-7-4-8-16-33;/h3,5-6,9-14,17-18H,4,7-8,15-16,19-20H2,1-2H3,(H,31,34)(H,32,35);1H. The van der Waals surface area contributed by atoms with E-state index in [4.69, 9.17) is 0 Å². The van der Waals surface area contributed by atoms with E-state index in [1.54, 1.807) is 0 Å². The Hall–Kier alpha value is -3.15. The van der Waals surface area contributed by atoms with Crippen molar-refractivity contribution >= 4 is 35.6 Å². The van der Waals surface area contributed by atoms with Crippen LogP contribution in [0.1, 0.15) is 54.6 Å². The molecule has 0 aromatic heterocycles. The molecule has 1 saturated heterocycles. The molecule has 0 bridgehead atoms. The maximum atomic E-state index is 13.2. The third-order valence-electron chi connectivity index (χ3n) is 7.16. The number of nitrogens with one attached hydrogen (secondary N) is 2. The molecule has 3 aromatic carbocycles. The zero-order valence-electron chi connectivity index (χ0n) is 21.0. The Balaban J connectivity index is 0.00000304. The maximum Gasteiger partial charge on any atom is 0.255 e. The summed E-state index contributed by atoms with van der Waals surface area (Å²) < 4.78 is 0. The lowest BCUT2D eigenvalue weighted by atomic mass is 9.81. The number of carbonyl (C=O) groups is 2. The van der Waals surface area contributed by atoms with Crippen LogP contribution in [0.2, 0.25) is 0 Å². The lowest BCUT2D eigenvalue weighted by Crippen LogP contribution is -2.37. The number of halogens is 1. The number of likely N-dealkylation sites (tertiary alicyclic amines) is 1. The summed E-state index contributed by atoms with van der Waals surface area (Å²) in [6.45, 7) is 6.93. The fraction of sp³-hybridized carbons (Fsp3) is 0.333. The third-order valence-corrected chi connectivity index (χ3v) is 7.16. The quantitative estimate of drug-likeness (QED) is 0.416. The number of hydrogen-bond donors (Lipinski definition) is 2. The molecule has 2 N–H and O–H groups in total. The van der Waals surface area contributed by atoms with E-state index in [0.717, 1.165) is 30.9 Å². The minimum Gasteiger partial charge on any atom is -0.325 e. The van der Waals surface area contributed by atoms with Crippen molar-refractivity contribution in [1.29, 1.82) is 0 Å². The molecular weight excluding hydrogens is 470 g/mol. The molecule has 0 unspecified atom stereocenters. The lowest BCUT2D eigenvalue weighted by Gasteiger charge is -2.30. The van der Waals surface area contributed by atoms with Gasteiger partial charge in [0, 0.05) is 28.9 Å². The molecular formula is C30H34ClN3O2. The number of fused-ring (bicyclic) bond motifs is 1. The van der Waals surface area contributed by atoms with Crippen LogP contribution in [0.3, 0.4) is 0 Å². The van der Waals surface area contributed by atoms with Crippen LogP contribution >= 0.6 is 12.4 Å². The Morgan fingerprint density at radius 3 is 2.47 bits per heavy atom. The van der Waals surface area contributed by atoms with Crippen molar-refractivity contribution in [2.24, 2.45) is 5.41 Å². The van der Waals surface area contributed by atoms with Crippen molar-refractivity contribution in [2.45, 2.75) is 46.1 Å². The zero-order chi connectivity index (χ0) is 24.4. The predicted molar refractivity (Wildman–Crippen MR) is 149 cm³/mol. The number of piperidine rings is 1. The molecule has 0 saturated carbocycles. The highest BCUT2D eigenvalue weighted by Gasteiger charge is 2.33. The highest BCUT2D eigenvalue weighted by atomic mass is 35.5. The summed E-state index contributed by atoms with van der Waals surface area (Å²) in [4.78, 5) is 28.1. The van der Waals surface area contributed by atoms with Gasteiger partial charge in [0.05, 0.1) is 0 Å². The van der Waals surface area contributed by atoms with Gasteiger partial charge in [0.1, 0.15) is 0 Å². The van der Waals surface area contributed by atoms with Gasteiger partial charge < -0.3 is 10.6 Å². The molecule has 2 aliphatic rings. The molecule has 6 heteroatoms. The summed E-state index contributed by atoms with van der Waals surface area (Å²) in [5, 5.41) is 6.02. The highest BCUT2D eigenvalue weighted by Crippen LogP contribution is 2.35. The van der Waals surface area contributed by atoms with Gasteiger partial charge in [-0.2, -0.15) is 0 Å². The van der Waals surface area contributed by atoms with Crippen molar-refractivity contribution in [3.8, 4) is 11.1 Å². The summed E-state index contributed by atoms with van der Waals surface area (Å²) in [5.74, 6) is -0.140. The first-order chi connectivity index (χ1) is 16.9. The van der Waals surface area contributed by atoms with Gasteiger partial charge in [-0.1, -0.05) is 62.7 Å². The number of nitrogens with zero attached hydrogens (tertiary/aromatic N) is 1. The third kappa shape index (κ3) is 5.63. The highest BCUT2D eigenvalue weighted by molar-refractivity contribution is 6.05. The van der Waals surface area contributed by atoms with Gasteiger partial charge in [0.25, 0.3) is 5.91 Å². The largest absolute Gasteiger partial charge is 0.325 e. The van der Waals surface area contributed by atoms with Crippen molar-refractivity contribution < 1.29 is 9.59 Å². The number of amides is 2. The molecule has 36 heavy (non-hydrogen) atoms. The van der Waals surface area contributed by atoms with E-state index in [0.29, 0.717) is 17.7 Å². The number of rotatable bonds is 5. The topological polar surface area (TPSA) is 61.4 Å². The number of anilines is 2. The van der Waals surface area contributed by atoms with Crippen molar-refractivity contribution in [2.75, 3.05) is 23.7 Å². The van der Waals surface area contributed by atoms with Gasteiger partial charge in [-0.25, -0.2) is 0 Å². The van der Waals surface area contributed by atoms with Crippen LogP contribution in [0, 0.1) is 5.41 Å². The van der Waals surface area contributed by atoms with Crippen LogP contribution in [0.4, 0.5) is 11.4 Å². The average Bonchev–Trinajstić information content (AvgIpc) is 2.86. The lowest BCUT2D eigenvalue weighted by molar-refractivity contribution is -0.124. The van der Waals surface area contributed by atoms with Crippen LogP contribution in [-0.4, -0.2) is 29.8 Å². The Kier molecular flexibility index (Phi) is 7.82. The van der Waals surface area contributed by atoms with Crippen LogP contribution in [0.25, 0.3) is 11.1 Å². The summed E-state index contributed by atoms with van der Waals surface area (Å²) in [6.07, 6.45) is 4.44. The van der Waals surface area contributed by atoms with E-state index < -0.39 is 5.41 Å². The Morgan fingerprint density at radius 2 is 1.72 bits per heavy atom. The average molecular weight is 504 g/mol. The summed E-state index contributed by atoms with van der Waals surface area (Å²) in [7, 11) is 0. The molecule has 2 aliphatic heterocycles. The van der Waals surface area contributed by atoms with Gasteiger partial charge >= 0.3 is 0 Å². The molecule has 2 amide bonds. The zero-order valence-corrected chi connectivity index (χ0v) is 21.8. The summed E-state index contributed by atoms with van der Waals surface area (Å²) in [6, 6.07) is 22.1. The van der Waals surface area contributed by atoms with Gasteiger partial charge in [0.15, 0.2) is 0 Å². The second-order valence-corrected chi connectivity index (χ2v) is 10.4. The van der Waals surface area contributed by atoms with Crippen LogP contribution in [0.5, 0.6) is 0 Å². The van der Waals surface area contributed by atoms with Crippen molar-refractivity contribution in [1.82, 2.24) is 4.90 Å². The summed E-state index contributed by atoms with van der Waals surface area (Å²) in [5.41, 5.74) is 6.26. The monoisotopic (exact) mass is 503 g/mol. The van der Waals surface area contributed by atoms with Crippen LogP contribution in [0.15, 0.2) is 66.7 Å². The van der Waals surface area contributed by atoms with Crippen LogP contribution < -0.4 is 10.6 Å². The Bertz CT molecular complexity index is 1250. The molecule has 188 valence electrons. The molecule has 0 aliphatic carbocycles. The van der Waals surface area contributed by atoms with Crippen molar-refractivity contribution in [3.63, 3.8) is 0 Å². The van der Waals surface area contributed by atoms with E-state index >= 15 is 0 Å². The minimum absolute atomic E-state index is 0. The Labute approximate surface area is 219 Å². The second-order valence-electron chi connectivity index (χ2n) is 10.4. The maximum absolute atomic E-state index is 13.2. The van der Waals surface area contributed by atoms with Gasteiger partial charge in [-0.05, 0) is 78.9 Å². The minimum atomic E-state index is -0.428. The molecule has 1 fully saturated rings. The first-order valence-corrected chi connectivity index (χ1v) is 12.6. The van der Waals surface area contributed by atoms with E-state index in [-0.39, 0.29) is 24.2 Å². The van der Waals surface area contributed by atoms with Gasteiger partial charge in [-0.15, -0.1) is 12.4 Å². The fourth-order valence-electron chi connectivity index (χ4n) is 5.10. The fourth-order valence-corrected chi connectivity index (χ4v) is 5.10. The van der Waals surface area contributed by atoms with Gasteiger partial charge in [-0.3, -0.25) is 14.5 Å². The number of carbonyl (C=O) groups excluding carboxylic acids is 2. The predicted octanol–water partition coefficient (Wildman–Crippen LogP) is 6.53. The SMILES string of the molecule is CC1(C)Cc2ccc(NC(=O)c3ccc(-c4ccccc4)c(CN4CCCCC4)c3)cc2NC1=O.Cl. The van der Waals surface area contributed by atoms with Crippen LogP contribution in [-0.2, 0) is 17.8 Å². The normalized spacial score (nSPS) is 16.9. The van der Waals surface area contributed by atoms with E-state index in [1.165, 1.54) is 36.0 Å². The first kappa shape index (κ1) is 25.9. The molecule has 0 atom stereocenters. The van der Waals surface area contributed by atoms with Crippen molar-refractivity contribution in [3.05, 3.63) is 83.4 Å². The molecule has 3 aromatic rings. The van der Waals surface area contributed by atoms with E-state index in [2.05, 4.69) is 45.9 Å². The Morgan fingerprint density at radius 1 is 0.972 bits per heavy atom. The molecule has 0 spiro atoms. The molecule has 0 radical (unpaired) electrons. The molecule has 5 nitrogen and oxygen atoms in total. The second kappa shape index (κ2) is 10.9. The smallest absolute Gasteiger partial charge is 0.255 e. The number of benzene rings is 3. The molecule has 5 rings (SSSR count). The summed E-state index contributed by atoms with van der Waals surface area (Å²) >= 11 is 0. The molecule has 2 heterocycles. The van der Waals surface area contributed by atoms with E-state index in [9.17, 15) is 9.59 Å².